The maximum Gasteiger partial charge on any atom is 0.301 e. The van der Waals surface area contributed by atoms with E-state index in [9.17, 15) is 14.7 Å². The van der Waals surface area contributed by atoms with E-state index in [1.54, 1.807) is 49.6 Å². The van der Waals surface area contributed by atoms with Crippen molar-refractivity contribution in [3.8, 4) is 11.5 Å². The number of Topliss-reactive ketones (excluding diaryl/α,β-unsaturated/α-hetero) is 1. The molecule has 0 saturated carbocycles. The molecule has 5 rings (SSSR count). The zero-order chi connectivity index (χ0) is 29.5. The van der Waals surface area contributed by atoms with Crippen LogP contribution in [0, 0.1) is 0 Å². The normalized spacial score (nSPS) is 16.1. The third-order valence-corrected chi connectivity index (χ3v) is 8.93. The number of carbonyl (C=O) groups is 2. The quantitative estimate of drug-likeness (QED) is 0.0461. The molecule has 1 aromatic heterocycles. The number of hydrogen-bond donors (Lipinski definition) is 1. The number of unbranched alkanes of at least 4 members (excludes halogenated alkanes) is 2. The summed E-state index contributed by atoms with van der Waals surface area (Å²) in [5, 5.41) is 20.2. The molecular formula is C32H31N3O5S2. The lowest BCUT2D eigenvalue weighted by Crippen LogP contribution is -2.29. The number of ether oxygens (including phenoxy) is 2. The lowest BCUT2D eigenvalue weighted by Gasteiger charge is -2.23. The summed E-state index contributed by atoms with van der Waals surface area (Å²) in [5.41, 5.74) is 2.10. The van der Waals surface area contributed by atoms with Crippen molar-refractivity contribution in [1.82, 2.24) is 10.2 Å². The van der Waals surface area contributed by atoms with Crippen LogP contribution in [-0.2, 0) is 15.3 Å². The second-order valence-electron chi connectivity index (χ2n) is 9.63. The Bertz CT molecular complexity index is 1570. The summed E-state index contributed by atoms with van der Waals surface area (Å²) in [7, 11) is 1.54. The maximum atomic E-state index is 13.6. The van der Waals surface area contributed by atoms with E-state index in [0.29, 0.717) is 39.3 Å². The molecule has 42 heavy (non-hydrogen) atoms. The number of ketones is 1. The Morgan fingerprint density at radius 3 is 2.43 bits per heavy atom. The van der Waals surface area contributed by atoms with Gasteiger partial charge in [0.1, 0.15) is 5.76 Å². The monoisotopic (exact) mass is 601 g/mol. The number of anilines is 1. The molecule has 1 unspecified atom stereocenters. The molecule has 216 valence electrons. The third-order valence-electron chi connectivity index (χ3n) is 6.81. The number of methoxy groups -OCH3 is 1. The van der Waals surface area contributed by atoms with Gasteiger partial charge in [-0.3, -0.25) is 14.5 Å². The van der Waals surface area contributed by atoms with Crippen LogP contribution in [0.15, 0.2) is 88.8 Å². The topological polar surface area (TPSA) is 102 Å². The highest BCUT2D eigenvalue weighted by atomic mass is 32.2. The number of amides is 1. The molecule has 10 heteroatoms. The molecule has 4 aromatic rings. The van der Waals surface area contributed by atoms with Gasteiger partial charge in [-0.15, -0.1) is 10.2 Å². The van der Waals surface area contributed by atoms with Gasteiger partial charge in [-0.2, -0.15) is 0 Å². The number of aliphatic hydroxyl groups is 1. The van der Waals surface area contributed by atoms with E-state index in [4.69, 9.17) is 9.47 Å². The molecule has 0 radical (unpaired) electrons. The predicted octanol–water partition coefficient (Wildman–Crippen LogP) is 7.03. The smallest absolute Gasteiger partial charge is 0.301 e. The van der Waals surface area contributed by atoms with Crippen molar-refractivity contribution >= 4 is 45.7 Å². The molecular weight excluding hydrogens is 571 g/mol. The Labute approximate surface area is 253 Å². The van der Waals surface area contributed by atoms with Crippen molar-refractivity contribution in [2.75, 3.05) is 18.6 Å². The van der Waals surface area contributed by atoms with Crippen molar-refractivity contribution in [2.24, 2.45) is 0 Å². The summed E-state index contributed by atoms with van der Waals surface area (Å²) in [6, 6.07) is 23.0. The van der Waals surface area contributed by atoms with Crippen molar-refractivity contribution in [3.05, 3.63) is 101 Å². The van der Waals surface area contributed by atoms with Crippen molar-refractivity contribution < 1.29 is 24.2 Å². The van der Waals surface area contributed by atoms with Crippen LogP contribution in [-0.4, -0.2) is 40.7 Å². The van der Waals surface area contributed by atoms with E-state index in [-0.39, 0.29) is 16.5 Å². The minimum Gasteiger partial charge on any atom is -0.507 e. The zero-order valence-corrected chi connectivity index (χ0v) is 25.0. The van der Waals surface area contributed by atoms with E-state index in [2.05, 4.69) is 17.1 Å². The van der Waals surface area contributed by atoms with Gasteiger partial charge in [0.05, 0.1) is 25.3 Å². The van der Waals surface area contributed by atoms with E-state index in [0.717, 1.165) is 24.8 Å². The number of thioether (sulfide) groups is 1. The average Bonchev–Trinajstić information content (AvgIpc) is 3.60. The molecule has 1 atom stereocenters. The molecule has 0 aliphatic carbocycles. The van der Waals surface area contributed by atoms with Crippen LogP contribution in [0.5, 0.6) is 11.5 Å². The average molecular weight is 602 g/mol. The Hall–Kier alpha value is -4.15. The van der Waals surface area contributed by atoms with E-state index >= 15 is 0 Å². The molecule has 1 fully saturated rings. The minimum atomic E-state index is -0.951. The molecule has 1 amide bonds. The van der Waals surface area contributed by atoms with Crippen molar-refractivity contribution in [1.29, 1.82) is 0 Å². The molecule has 3 aromatic carbocycles. The van der Waals surface area contributed by atoms with Crippen LogP contribution in [0.3, 0.4) is 0 Å². The van der Waals surface area contributed by atoms with Gasteiger partial charge >= 0.3 is 5.91 Å². The van der Waals surface area contributed by atoms with E-state index in [1.807, 2.05) is 36.4 Å². The second kappa shape index (κ2) is 13.7. The summed E-state index contributed by atoms with van der Waals surface area (Å²) in [4.78, 5) is 28.4. The van der Waals surface area contributed by atoms with E-state index < -0.39 is 17.7 Å². The first-order chi connectivity index (χ1) is 20.5. The number of rotatable bonds is 12. The fourth-order valence-corrected chi connectivity index (χ4v) is 6.51. The summed E-state index contributed by atoms with van der Waals surface area (Å²) < 4.78 is 12.2. The molecule has 8 nitrogen and oxygen atoms in total. The molecule has 1 aliphatic rings. The number of hydrogen-bond acceptors (Lipinski definition) is 9. The summed E-state index contributed by atoms with van der Waals surface area (Å²) in [6.45, 7) is 2.68. The highest BCUT2D eigenvalue weighted by Crippen LogP contribution is 2.45. The Balaban J connectivity index is 1.53. The fourth-order valence-electron chi connectivity index (χ4n) is 4.68. The number of aliphatic hydroxyl groups excluding tert-OH is 1. The number of aromatic nitrogens is 2. The van der Waals surface area contributed by atoms with Gasteiger partial charge in [-0.05, 0) is 29.7 Å². The molecule has 1 saturated heterocycles. The first-order valence-corrected chi connectivity index (χ1v) is 15.5. The second-order valence-corrected chi connectivity index (χ2v) is 11.8. The molecule has 1 aliphatic heterocycles. The van der Waals surface area contributed by atoms with Crippen LogP contribution >= 0.6 is 23.1 Å². The van der Waals surface area contributed by atoms with Crippen LogP contribution < -0.4 is 14.4 Å². The summed E-state index contributed by atoms with van der Waals surface area (Å²) in [6.07, 6.45) is 3.06. The Morgan fingerprint density at radius 1 is 0.976 bits per heavy atom. The highest BCUT2D eigenvalue weighted by Gasteiger charge is 2.48. The number of carbonyl (C=O) groups excluding carboxylic acids is 2. The SMILES string of the molecule is CCCCCOc1ccc(C2/C(=C(/O)c3ccccc3)C(=O)C(=O)N2c2nnc(SCc3ccccc3)s2)cc1OC. The van der Waals surface area contributed by atoms with Crippen molar-refractivity contribution in [2.45, 2.75) is 42.3 Å². The third kappa shape index (κ3) is 6.34. The fraction of sp³-hybridized carbons (Fsp3) is 0.250. The largest absolute Gasteiger partial charge is 0.507 e. The summed E-state index contributed by atoms with van der Waals surface area (Å²) in [5.74, 6) is -0.133. The molecule has 0 bridgehead atoms. The zero-order valence-electron chi connectivity index (χ0n) is 23.4. The lowest BCUT2D eigenvalue weighted by molar-refractivity contribution is -0.132. The lowest BCUT2D eigenvalue weighted by atomic mass is 9.95. The van der Waals surface area contributed by atoms with Gasteiger partial charge in [0.25, 0.3) is 5.78 Å². The van der Waals surface area contributed by atoms with Crippen LogP contribution in [0.1, 0.15) is 48.9 Å². The minimum absolute atomic E-state index is 0.0291. The van der Waals surface area contributed by atoms with Crippen LogP contribution in [0.25, 0.3) is 5.76 Å². The van der Waals surface area contributed by atoms with Gasteiger partial charge < -0.3 is 14.6 Å². The standard InChI is InChI=1S/C32H31N3O5S2/c1-3-4-11-18-40-24-17-16-23(19-25(24)39-2)27-26(28(36)22-14-9-6-10-15-22)29(37)30(38)35(27)31-33-34-32(42-31)41-20-21-12-7-5-8-13-21/h5-10,12-17,19,27,36H,3-4,11,18,20H2,1-2H3/b28-26-. The molecule has 2 heterocycles. The first-order valence-electron chi connectivity index (χ1n) is 13.7. The summed E-state index contributed by atoms with van der Waals surface area (Å²) >= 11 is 2.72. The van der Waals surface area contributed by atoms with Crippen LogP contribution in [0.4, 0.5) is 5.13 Å². The van der Waals surface area contributed by atoms with Gasteiger partial charge in [0.15, 0.2) is 15.8 Å². The predicted molar refractivity (Wildman–Crippen MR) is 165 cm³/mol. The van der Waals surface area contributed by atoms with Gasteiger partial charge in [0.2, 0.25) is 5.13 Å². The van der Waals surface area contributed by atoms with Crippen LogP contribution in [0.2, 0.25) is 0 Å². The number of nitrogens with zero attached hydrogens (tertiary/aromatic N) is 3. The van der Waals surface area contributed by atoms with Crippen molar-refractivity contribution in [3.63, 3.8) is 0 Å². The Kier molecular flexibility index (Phi) is 9.55. The Morgan fingerprint density at radius 2 is 1.71 bits per heavy atom. The maximum absolute atomic E-state index is 13.6. The van der Waals surface area contributed by atoms with Gasteiger partial charge in [-0.25, -0.2) is 0 Å². The van der Waals surface area contributed by atoms with Gasteiger partial charge in [0, 0.05) is 11.3 Å². The van der Waals surface area contributed by atoms with Gasteiger partial charge in [-0.1, -0.05) is 110 Å². The molecule has 0 spiro atoms. The highest BCUT2D eigenvalue weighted by molar-refractivity contribution is 8.00. The number of benzene rings is 3. The molecule has 1 N–H and O–H groups in total. The first kappa shape index (κ1) is 29.3. The van der Waals surface area contributed by atoms with E-state index in [1.165, 1.54) is 28.0 Å².